The smallest absolute Gasteiger partial charge is 0.207 e. The van der Waals surface area contributed by atoms with E-state index in [-0.39, 0.29) is 5.92 Å². The van der Waals surface area contributed by atoms with Crippen LogP contribution in [0.1, 0.15) is 22.6 Å². The van der Waals surface area contributed by atoms with Crippen LogP contribution in [0.4, 0.5) is 0 Å². The van der Waals surface area contributed by atoms with Crippen LogP contribution in [-0.2, 0) is 16.4 Å². The van der Waals surface area contributed by atoms with Gasteiger partial charge in [-0.25, -0.2) is 8.42 Å². The Morgan fingerprint density at radius 2 is 1.92 bits per heavy atom. The first-order valence-corrected chi connectivity index (χ1v) is 9.71. The Morgan fingerprint density at radius 3 is 2.58 bits per heavy atom. The number of benzene rings is 2. The molecule has 0 spiro atoms. The molecule has 0 bridgehead atoms. The molecule has 3 nitrogen and oxygen atoms in total. The van der Waals surface area contributed by atoms with E-state index in [2.05, 4.69) is 6.58 Å². The number of fused-ring (bicyclic) bond motifs is 1. The monoisotopic (exact) mass is 361 g/mol. The molecule has 3 rings (SSSR count). The molecule has 0 saturated carbocycles. The summed E-state index contributed by atoms with van der Waals surface area (Å²) in [7, 11) is -3.52. The molecule has 1 atom stereocenters. The third kappa shape index (κ3) is 3.27. The zero-order valence-corrected chi connectivity index (χ0v) is 15.1. The Labute approximate surface area is 148 Å². The second-order valence-corrected chi connectivity index (χ2v) is 8.49. The Hall–Kier alpha value is -1.62. The predicted molar refractivity (Wildman–Crippen MR) is 98.0 cm³/mol. The van der Waals surface area contributed by atoms with E-state index in [1.54, 1.807) is 22.5 Å². The largest absolute Gasteiger partial charge is 0.243 e. The van der Waals surface area contributed by atoms with Gasteiger partial charge in [-0.15, -0.1) is 6.58 Å². The summed E-state index contributed by atoms with van der Waals surface area (Å²) >= 11 is 6.12. The van der Waals surface area contributed by atoms with E-state index < -0.39 is 10.0 Å². The van der Waals surface area contributed by atoms with Crippen LogP contribution in [0.25, 0.3) is 0 Å². The second-order valence-electron chi connectivity index (χ2n) is 6.11. The van der Waals surface area contributed by atoms with Crippen LogP contribution < -0.4 is 0 Å². The minimum absolute atomic E-state index is 0.0681. The SMILES string of the molecule is C=C[C@H]1CN(S(=O)(=O)c2ccc(C)cc2)CCc2ccc(Cl)cc21. The van der Waals surface area contributed by atoms with E-state index >= 15 is 0 Å². The molecule has 0 unspecified atom stereocenters. The van der Waals surface area contributed by atoms with Gasteiger partial charge in [-0.3, -0.25) is 0 Å². The Kier molecular flexibility index (Phi) is 4.81. The molecule has 126 valence electrons. The topological polar surface area (TPSA) is 37.4 Å². The summed E-state index contributed by atoms with van der Waals surface area (Å²) in [5.41, 5.74) is 3.24. The third-order valence-corrected chi connectivity index (χ3v) is 6.60. The molecule has 0 amide bonds. The van der Waals surface area contributed by atoms with Crippen molar-refractivity contribution in [3.05, 3.63) is 76.8 Å². The highest BCUT2D eigenvalue weighted by Gasteiger charge is 2.30. The summed E-state index contributed by atoms with van der Waals surface area (Å²) in [5.74, 6) is -0.0681. The van der Waals surface area contributed by atoms with Crippen molar-refractivity contribution < 1.29 is 8.42 Å². The lowest BCUT2D eigenvalue weighted by molar-refractivity contribution is 0.415. The van der Waals surface area contributed by atoms with Crippen molar-refractivity contribution in [2.75, 3.05) is 13.1 Å². The van der Waals surface area contributed by atoms with Crippen molar-refractivity contribution >= 4 is 21.6 Å². The summed E-state index contributed by atoms with van der Waals surface area (Å²) in [6, 6.07) is 12.7. The average Bonchev–Trinajstić information content (AvgIpc) is 2.74. The predicted octanol–water partition coefficient (Wildman–Crippen LogP) is 4.17. The molecule has 2 aromatic carbocycles. The first-order chi connectivity index (χ1) is 11.4. The van der Waals surface area contributed by atoms with Crippen LogP contribution in [-0.4, -0.2) is 25.8 Å². The van der Waals surface area contributed by atoms with E-state index in [1.165, 1.54) is 0 Å². The maximum absolute atomic E-state index is 13.0. The first-order valence-electron chi connectivity index (χ1n) is 7.89. The van der Waals surface area contributed by atoms with Crippen molar-refractivity contribution in [2.45, 2.75) is 24.2 Å². The molecule has 24 heavy (non-hydrogen) atoms. The molecule has 0 aromatic heterocycles. The van der Waals surface area contributed by atoms with Gasteiger partial charge >= 0.3 is 0 Å². The van der Waals surface area contributed by atoms with Crippen molar-refractivity contribution in [1.82, 2.24) is 4.31 Å². The van der Waals surface area contributed by atoms with E-state index in [9.17, 15) is 8.42 Å². The van der Waals surface area contributed by atoms with E-state index in [1.807, 2.05) is 37.3 Å². The van der Waals surface area contributed by atoms with Crippen LogP contribution >= 0.6 is 11.6 Å². The quantitative estimate of drug-likeness (QED) is 0.769. The summed E-state index contributed by atoms with van der Waals surface area (Å²) in [6.07, 6.45) is 2.47. The zero-order valence-electron chi connectivity index (χ0n) is 13.6. The first kappa shape index (κ1) is 17.2. The van der Waals surface area contributed by atoms with Gasteiger partial charge in [0.15, 0.2) is 0 Å². The van der Waals surface area contributed by atoms with Crippen LogP contribution in [0, 0.1) is 6.92 Å². The van der Waals surface area contributed by atoms with Crippen molar-refractivity contribution in [3.8, 4) is 0 Å². The van der Waals surface area contributed by atoms with Crippen LogP contribution in [0.2, 0.25) is 5.02 Å². The normalized spacial score (nSPS) is 18.7. The van der Waals surface area contributed by atoms with Gasteiger partial charge in [-0.2, -0.15) is 4.31 Å². The zero-order chi connectivity index (χ0) is 17.3. The Balaban J connectivity index is 1.97. The lowest BCUT2D eigenvalue weighted by Gasteiger charge is -2.23. The minimum atomic E-state index is -3.52. The van der Waals surface area contributed by atoms with Crippen molar-refractivity contribution in [1.29, 1.82) is 0 Å². The number of aryl methyl sites for hydroxylation is 1. The van der Waals surface area contributed by atoms with Gasteiger partial charge in [0.2, 0.25) is 10.0 Å². The number of hydrogen-bond acceptors (Lipinski definition) is 2. The summed E-state index contributed by atoms with van der Waals surface area (Å²) in [5, 5.41) is 0.662. The summed E-state index contributed by atoms with van der Waals surface area (Å²) in [4.78, 5) is 0.333. The molecule has 1 aliphatic heterocycles. The van der Waals surface area contributed by atoms with Gasteiger partial charge in [0.1, 0.15) is 0 Å². The molecular weight excluding hydrogens is 342 g/mol. The molecule has 1 aliphatic rings. The highest BCUT2D eigenvalue weighted by atomic mass is 35.5. The van der Waals surface area contributed by atoms with Gasteiger partial charge in [-0.05, 0) is 48.7 Å². The lowest BCUT2D eigenvalue weighted by atomic mass is 9.94. The minimum Gasteiger partial charge on any atom is -0.207 e. The summed E-state index contributed by atoms with van der Waals surface area (Å²) in [6.45, 7) is 6.67. The molecule has 0 fully saturated rings. The molecule has 2 aromatic rings. The molecule has 0 saturated heterocycles. The summed E-state index contributed by atoms with van der Waals surface area (Å²) < 4.78 is 27.5. The third-order valence-electron chi connectivity index (χ3n) is 4.48. The number of halogens is 1. The van der Waals surface area contributed by atoms with Crippen LogP contribution in [0.5, 0.6) is 0 Å². The maximum atomic E-state index is 13.0. The van der Waals surface area contributed by atoms with Crippen LogP contribution in [0.15, 0.2) is 60.0 Å². The highest BCUT2D eigenvalue weighted by Crippen LogP contribution is 2.31. The lowest BCUT2D eigenvalue weighted by Crippen LogP contribution is -2.34. The Bertz CT molecular complexity index is 859. The number of sulfonamides is 1. The standard InChI is InChI=1S/C19H20ClNO2S/c1-3-15-13-21(11-10-16-6-7-17(20)12-19(15)16)24(22,23)18-8-4-14(2)5-9-18/h3-9,12,15H,1,10-11,13H2,2H3/t15-/m0/s1. The van der Waals surface area contributed by atoms with Gasteiger partial charge in [0.05, 0.1) is 4.90 Å². The fourth-order valence-electron chi connectivity index (χ4n) is 3.07. The van der Waals surface area contributed by atoms with Gasteiger partial charge < -0.3 is 0 Å². The van der Waals surface area contributed by atoms with E-state index in [4.69, 9.17) is 11.6 Å². The molecule has 0 aliphatic carbocycles. The maximum Gasteiger partial charge on any atom is 0.243 e. The van der Waals surface area contributed by atoms with Crippen molar-refractivity contribution in [3.63, 3.8) is 0 Å². The fourth-order valence-corrected chi connectivity index (χ4v) is 4.72. The van der Waals surface area contributed by atoms with Gasteiger partial charge in [0.25, 0.3) is 0 Å². The van der Waals surface area contributed by atoms with Crippen LogP contribution in [0.3, 0.4) is 0 Å². The fraction of sp³-hybridized carbons (Fsp3) is 0.263. The average molecular weight is 362 g/mol. The Morgan fingerprint density at radius 1 is 1.21 bits per heavy atom. The van der Waals surface area contributed by atoms with E-state index in [0.717, 1.165) is 16.7 Å². The molecule has 0 radical (unpaired) electrons. The van der Waals surface area contributed by atoms with E-state index in [0.29, 0.717) is 29.4 Å². The molecule has 0 N–H and O–H groups in total. The second kappa shape index (κ2) is 6.71. The molecule has 1 heterocycles. The number of rotatable bonds is 3. The molecule has 5 heteroatoms. The van der Waals surface area contributed by atoms with Crippen molar-refractivity contribution in [2.24, 2.45) is 0 Å². The molecular formula is C19H20ClNO2S. The van der Waals surface area contributed by atoms with Gasteiger partial charge in [0, 0.05) is 24.0 Å². The van der Waals surface area contributed by atoms with Gasteiger partial charge in [-0.1, -0.05) is 41.4 Å². The number of nitrogens with zero attached hydrogens (tertiary/aromatic N) is 1. The highest BCUT2D eigenvalue weighted by molar-refractivity contribution is 7.89. The number of hydrogen-bond donors (Lipinski definition) is 0.